The van der Waals surface area contributed by atoms with Crippen molar-refractivity contribution in [1.82, 2.24) is 4.90 Å². The van der Waals surface area contributed by atoms with Crippen LogP contribution in [0.25, 0.3) is 0 Å². The number of hydrogen-bond acceptors (Lipinski definition) is 5. The molecule has 7 heteroatoms. The first kappa shape index (κ1) is 22.3. The molecule has 1 rings (SSSR count). The predicted molar refractivity (Wildman–Crippen MR) is 100 cm³/mol. The monoisotopic (exact) mass is 385 g/mol. The molecule has 0 radical (unpaired) electrons. The lowest BCUT2D eigenvalue weighted by Crippen LogP contribution is -2.49. The Hall–Kier alpha value is -1.79. The van der Waals surface area contributed by atoms with Gasteiger partial charge in [-0.1, -0.05) is 30.7 Å². The van der Waals surface area contributed by atoms with Gasteiger partial charge in [0.1, 0.15) is 18.4 Å². The summed E-state index contributed by atoms with van der Waals surface area (Å²) in [5, 5.41) is 0.597. The fraction of sp³-hybridized carbons (Fsp3) is 0.579. The number of benzene rings is 1. The van der Waals surface area contributed by atoms with Crippen molar-refractivity contribution in [1.29, 1.82) is 0 Å². The fourth-order valence-corrected chi connectivity index (χ4v) is 2.32. The lowest BCUT2D eigenvalue weighted by atomic mass is 10.1. The van der Waals surface area contributed by atoms with E-state index in [2.05, 4.69) is 0 Å². The van der Waals surface area contributed by atoms with Crippen LogP contribution in [-0.2, 0) is 25.4 Å². The molecule has 0 aliphatic heterocycles. The number of rotatable bonds is 8. The molecule has 0 heterocycles. The van der Waals surface area contributed by atoms with Gasteiger partial charge in [0.2, 0.25) is 0 Å². The van der Waals surface area contributed by atoms with E-state index in [1.807, 2.05) is 19.1 Å². The lowest BCUT2D eigenvalue weighted by molar-refractivity contribution is -0.151. The van der Waals surface area contributed by atoms with Crippen molar-refractivity contribution >= 4 is 23.7 Å². The van der Waals surface area contributed by atoms with E-state index < -0.39 is 23.7 Å². The average molecular weight is 386 g/mol. The molecule has 0 aromatic heterocycles. The predicted octanol–water partition coefficient (Wildman–Crippen LogP) is 4.05. The van der Waals surface area contributed by atoms with Gasteiger partial charge < -0.3 is 14.2 Å². The Labute approximate surface area is 160 Å². The molecule has 0 aliphatic rings. The van der Waals surface area contributed by atoms with E-state index in [0.29, 0.717) is 11.4 Å². The third-order valence-electron chi connectivity index (χ3n) is 3.34. The van der Waals surface area contributed by atoms with Gasteiger partial charge in [-0.05, 0) is 44.9 Å². The molecule has 1 atom stereocenters. The summed E-state index contributed by atoms with van der Waals surface area (Å²) in [4.78, 5) is 26.5. The van der Waals surface area contributed by atoms with Crippen LogP contribution in [0.15, 0.2) is 24.3 Å². The number of halogens is 1. The molecule has 26 heavy (non-hydrogen) atoms. The van der Waals surface area contributed by atoms with Gasteiger partial charge in [0.05, 0.1) is 6.61 Å². The summed E-state index contributed by atoms with van der Waals surface area (Å²) in [5.41, 5.74) is 0.152. The molecule has 0 unspecified atom stereocenters. The van der Waals surface area contributed by atoms with Crippen molar-refractivity contribution in [3.05, 3.63) is 34.9 Å². The summed E-state index contributed by atoms with van der Waals surface area (Å²) < 4.78 is 15.8. The van der Waals surface area contributed by atoms with Gasteiger partial charge >= 0.3 is 12.1 Å². The molecule has 0 aliphatic carbocycles. The van der Waals surface area contributed by atoms with Crippen LogP contribution in [0.1, 0.15) is 39.7 Å². The van der Waals surface area contributed by atoms with Gasteiger partial charge in [-0.2, -0.15) is 0 Å². The van der Waals surface area contributed by atoms with Crippen LogP contribution in [0.3, 0.4) is 0 Å². The van der Waals surface area contributed by atoms with Crippen molar-refractivity contribution in [3.8, 4) is 0 Å². The number of ether oxygens (including phenoxy) is 3. The van der Waals surface area contributed by atoms with Gasteiger partial charge in [-0.15, -0.1) is 0 Å². The SMILES string of the molecule is CCCOC(=O)[C@H](Cc1ccc(Cl)cc1)N(COC)C(=O)OC(C)(C)C. The van der Waals surface area contributed by atoms with Crippen molar-refractivity contribution in [2.45, 2.75) is 52.2 Å². The first-order valence-electron chi connectivity index (χ1n) is 8.57. The van der Waals surface area contributed by atoms with Gasteiger partial charge in [0.25, 0.3) is 0 Å². The maximum absolute atomic E-state index is 12.6. The van der Waals surface area contributed by atoms with E-state index in [1.54, 1.807) is 32.9 Å². The molecule has 0 spiro atoms. The van der Waals surface area contributed by atoms with Gasteiger partial charge in [-0.25, -0.2) is 9.59 Å². The molecule has 1 amide bonds. The Bertz CT molecular complexity index is 583. The average Bonchev–Trinajstić information content (AvgIpc) is 2.56. The Kier molecular flexibility index (Phi) is 8.88. The minimum Gasteiger partial charge on any atom is -0.464 e. The Balaban J connectivity index is 3.09. The first-order chi connectivity index (χ1) is 12.2. The molecule has 0 bridgehead atoms. The number of methoxy groups -OCH3 is 1. The molecular formula is C19H28ClNO5. The number of carbonyl (C=O) groups excluding carboxylic acids is 2. The maximum Gasteiger partial charge on any atom is 0.412 e. The summed E-state index contributed by atoms with van der Waals surface area (Å²) in [6.07, 6.45) is 0.324. The quantitative estimate of drug-likeness (QED) is 0.499. The molecule has 0 saturated carbocycles. The molecule has 0 N–H and O–H groups in total. The molecule has 146 valence electrons. The van der Waals surface area contributed by atoms with Crippen LogP contribution in [0.2, 0.25) is 5.02 Å². The first-order valence-corrected chi connectivity index (χ1v) is 8.95. The zero-order valence-electron chi connectivity index (χ0n) is 16.1. The Morgan fingerprint density at radius 2 is 1.81 bits per heavy atom. The van der Waals surface area contributed by atoms with Gasteiger partial charge in [0, 0.05) is 18.6 Å². The fourth-order valence-electron chi connectivity index (χ4n) is 2.19. The van der Waals surface area contributed by atoms with E-state index in [-0.39, 0.29) is 19.8 Å². The van der Waals surface area contributed by atoms with Crippen molar-refractivity contribution in [2.24, 2.45) is 0 Å². The number of nitrogens with zero attached hydrogens (tertiary/aromatic N) is 1. The van der Waals surface area contributed by atoms with Crippen molar-refractivity contribution < 1.29 is 23.8 Å². The highest BCUT2D eigenvalue weighted by Gasteiger charge is 2.34. The van der Waals surface area contributed by atoms with E-state index in [4.69, 9.17) is 25.8 Å². The highest BCUT2D eigenvalue weighted by atomic mass is 35.5. The summed E-state index contributed by atoms with van der Waals surface area (Å²) in [5.74, 6) is -0.496. The van der Waals surface area contributed by atoms with Crippen LogP contribution >= 0.6 is 11.6 Å². The standard InChI is InChI=1S/C19H28ClNO5/c1-6-11-25-17(22)16(12-14-7-9-15(20)10-8-14)21(13-24-5)18(23)26-19(2,3)4/h7-10,16H,6,11-13H2,1-5H3/t16-/m0/s1. The zero-order chi connectivity index (χ0) is 19.7. The van der Waals surface area contributed by atoms with Crippen molar-refractivity contribution in [3.63, 3.8) is 0 Å². The Morgan fingerprint density at radius 1 is 1.19 bits per heavy atom. The second-order valence-electron chi connectivity index (χ2n) is 6.88. The number of carbonyl (C=O) groups is 2. The summed E-state index contributed by atoms with van der Waals surface area (Å²) in [6.45, 7) is 7.39. The summed E-state index contributed by atoms with van der Waals surface area (Å²) >= 11 is 5.92. The molecular weight excluding hydrogens is 358 g/mol. The van der Waals surface area contributed by atoms with Crippen LogP contribution in [-0.4, -0.2) is 49.1 Å². The van der Waals surface area contributed by atoms with Gasteiger partial charge in [0.15, 0.2) is 0 Å². The zero-order valence-corrected chi connectivity index (χ0v) is 16.8. The minimum atomic E-state index is -0.863. The largest absolute Gasteiger partial charge is 0.464 e. The molecule has 1 aromatic carbocycles. The molecule has 6 nitrogen and oxygen atoms in total. The third kappa shape index (κ3) is 7.62. The number of amides is 1. The topological polar surface area (TPSA) is 65.1 Å². The summed E-state index contributed by atoms with van der Waals surface area (Å²) in [6, 6.07) is 6.22. The van der Waals surface area contributed by atoms with Crippen LogP contribution in [0, 0.1) is 0 Å². The van der Waals surface area contributed by atoms with E-state index in [0.717, 1.165) is 5.56 Å². The molecule has 0 fully saturated rings. The lowest BCUT2D eigenvalue weighted by Gasteiger charge is -2.31. The number of esters is 1. The number of hydrogen-bond donors (Lipinski definition) is 0. The highest BCUT2D eigenvalue weighted by molar-refractivity contribution is 6.30. The van der Waals surface area contributed by atoms with Crippen LogP contribution in [0.4, 0.5) is 4.79 Å². The highest BCUT2D eigenvalue weighted by Crippen LogP contribution is 2.18. The molecule has 1 aromatic rings. The van der Waals surface area contributed by atoms with Crippen LogP contribution in [0.5, 0.6) is 0 Å². The maximum atomic E-state index is 12.6. The molecule has 0 saturated heterocycles. The van der Waals surface area contributed by atoms with E-state index in [1.165, 1.54) is 12.0 Å². The Morgan fingerprint density at radius 3 is 2.31 bits per heavy atom. The second kappa shape index (κ2) is 10.4. The van der Waals surface area contributed by atoms with Gasteiger partial charge in [-0.3, -0.25) is 4.90 Å². The van der Waals surface area contributed by atoms with E-state index >= 15 is 0 Å². The van der Waals surface area contributed by atoms with Crippen LogP contribution < -0.4 is 0 Å². The third-order valence-corrected chi connectivity index (χ3v) is 3.59. The normalized spacial score (nSPS) is 12.4. The van der Waals surface area contributed by atoms with Crippen molar-refractivity contribution in [2.75, 3.05) is 20.4 Å². The summed E-state index contributed by atoms with van der Waals surface area (Å²) in [7, 11) is 1.45. The van der Waals surface area contributed by atoms with E-state index in [9.17, 15) is 9.59 Å². The second-order valence-corrected chi connectivity index (χ2v) is 7.32. The smallest absolute Gasteiger partial charge is 0.412 e. The minimum absolute atomic E-state index is 0.0889.